The van der Waals surface area contributed by atoms with Crippen molar-refractivity contribution in [3.05, 3.63) is 23.5 Å². The fourth-order valence-electron chi connectivity index (χ4n) is 0.895. The summed E-state index contributed by atoms with van der Waals surface area (Å²) in [6, 6.07) is 1.61. The van der Waals surface area contributed by atoms with E-state index in [1.54, 1.807) is 12.3 Å². The number of hydrogen-bond donors (Lipinski definition) is 5. The van der Waals surface area contributed by atoms with Crippen molar-refractivity contribution in [2.45, 2.75) is 0 Å². The van der Waals surface area contributed by atoms with Crippen molar-refractivity contribution in [2.75, 3.05) is 5.73 Å². The lowest BCUT2D eigenvalue weighted by Crippen LogP contribution is -2.24. The Labute approximate surface area is 74.6 Å². The van der Waals surface area contributed by atoms with Crippen LogP contribution in [0.2, 0.25) is 0 Å². The van der Waals surface area contributed by atoms with Gasteiger partial charge in [-0.2, -0.15) is 0 Å². The quantitative estimate of drug-likeness (QED) is 0.361. The lowest BCUT2D eigenvalue weighted by molar-refractivity contribution is -0.114. The number of anilines is 1. The molecular weight excluding hydrogens is 170 g/mol. The number of rotatable bonds is 2. The van der Waals surface area contributed by atoms with E-state index >= 15 is 0 Å². The normalized spacial score (nSPS) is 12.3. The average molecular weight is 181 g/mol. The first-order chi connectivity index (χ1) is 6.04. The van der Waals surface area contributed by atoms with Crippen LogP contribution in [0, 0.1) is 0 Å². The third kappa shape index (κ3) is 1.56. The Hall–Kier alpha value is -2.11. The number of primary amides is 1. The molecule has 0 bridgehead atoms. The van der Waals surface area contributed by atoms with Gasteiger partial charge in [-0.3, -0.25) is 4.79 Å². The summed E-state index contributed by atoms with van der Waals surface area (Å²) in [5, 5.41) is 0. The second-order valence-corrected chi connectivity index (χ2v) is 2.50. The van der Waals surface area contributed by atoms with Crippen LogP contribution in [0.15, 0.2) is 18.0 Å². The molecule has 1 amide bonds. The van der Waals surface area contributed by atoms with E-state index in [0.717, 1.165) is 0 Å². The third-order valence-electron chi connectivity index (χ3n) is 1.62. The fourth-order valence-corrected chi connectivity index (χ4v) is 0.895. The second-order valence-electron chi connectivity index (χ2n) is 2.50. The van der Waals surface area contributed by atoms with Crippen molar-refractivity contribution in [1.29, 1.82) is 0 Å². The number of nitrogens with one attached hydrogen (secondary N) is 1. The first-order valence-corrected chi connectivity index (χ1v) is 3.52. The van der Waals surface area contributed by atoms with Gasteiger partial charge in [0, 0.05) is 11.8 Å². The maximum absolute atomic E-state index is 10.7. The Morgan fingerprint density at radius 1 is 1.31 bits per heavy atom. The summed E-state index contributed by atoms with van der Waals surface area (Å²) >= 11 is 0. The molecule has 0 aliphatic carbocycles. The van der Waals surface area contributed by atoms with Crippen molar-refractivity contribution in [1.82, 2.24) is 4.98 Å². The van der Waals surface area contributed by atoms with Gasteiger partial charge in [0.2, 0.25) is 0 Å². The molecule has 0 aliphatic heterocycles. The van der Waals surface area contributed by atoms with Gasteiger partial charge >= 0.3 is 0 Å². The van der Waals surface area contributed by atoms with Gasteiger partial charge in [-0.25, -0.2) is 0 Å². The van der Waals surface area contributed by atoms with Gasteiger partial charge in [-0.05, 0) is 6.07 Å². The molecule has 6 nitrogen and oxygen atoms in total. The number of nitrogens with two attached hydrogens (primary N) is 4. The zero-order valence-corrected chi connectivity index (χ0v) is 6.87. The molecule has 9 N–H and O–H groups in total. The molecule has 0 aliphatic rings. The lowest BCUT2D eigenvalue weighted by Gasteiger charge is -2.02. The van der Waals surface area contributed by atoms with Gasteiger partial charge in [0.05, 0.1) is 5.70 Å². The largest absolute Gasteiger partial charge is 0.396 e. The Kier molecular flexibility index (Phi) is 2.14. The van der Waals surface area contributed by atoms with Crippen LogP contribution in [0.3, 0.4) is 0 Å². The second kappa shape index (κ2) is 3.10. The highest BCUT2D eigenvalue weighted by Crippen LogP contribution is 2.16. The van der Waals surface area contributed by atoms with Crippen LogP contribution >= 0.6 is 0 Å². The molecular formula is C7H11N5O. The molecule has 0 radical (unpaired) electrons. The molecule has 1 heterocycles. The zero-order valence-electron chi connectivity index (χ0n) is 6.87. The molecule has 0 atom stereocenters. The number of hydrogen-bond acceptors (Lipinski definition) is 4. The Morgan fingerprint density at radius 3 is 2.31 bits per heavy atom. The highest BCUT2D eigenvalue weighted by molar-refractivity contribution is 5.99. The number of H-pyrrole nitrogens is 1. The molecule has 0 fully saturated rings. The van der Waals surface area contributed by atoms with E-state index in [-0.39, 0.29) is 11.4 Å². The maximum Gasteiger partial charge on any atom is 0.266 e. The van der Waals surface area contributed by atoms with Gasteiger partial charge in [0.25, 0.3) is 5.91 Å². The number of carbonyl (C=O) groups excluding carboxylic acids is 1. The topological polar surface area (TPSA) is 137 Å². The smallest absolute Gasteiger partial charge is 0.266 e. The van der Waals surface area contributed by atoms with E-state index in [1.807, 2.05) is 0 Å². The predicted molar refractivity (Wildman–Crippen MR) is 49.7 cm³/mol. The van der Waals surface area contributed by atoms with Crippen molar-refractivity contribution < 1.29 is 4.79 Å². The fraction of sp³-hybridized carbons (Fsp3) is 0. The SMILES string of the molecule is NC(=O)/C(N)=C(\N)c1cc[nH]c1N. The summed E-state index contributed by atoms with van der Waals surface area (Å²) < 4.78 is 0. The number of amides is 1. The summed E-state index contributed by atoms with van der Waals surface area (Å²) in [6.07, 6.45) is 1.59. The molecule has 13 heavy (non-hydrogen) atoms. The van der Waals surface area contributed by atoms with Crippen molar-refractivity contribution in [3.8, 4) is 0 Å². The van der Waals surface area contributed by atoms with E-state index in [4.69, 9.17) is 22.9 Å². The lowest BCUT2D eigenvalue weighted by atomic mass is 10.2. The van der Waals surface area contributed by atoms with Crippen LogP contribution in [0.25, 0.3) is 5.70 Å². The van der Waals surface area contributed by atoms with Gasteiger partial charge in [-0.1, -0.05) is 0 Å². The summed E-state index contributed by atoms with van der Waals surface area (Å²) in [7, 11) is 0. The number of aromatic nitrogens is 1. The first-order valence-electron chi connectivity index (χ1n) is 3.52. The summed E-state index contributed by atoms with van der Waals surface area (Å²) in [4.78, 5) is 13.4. The van der Waals surface area contributed by atoms with Crippen LogP contribution in [-0.2, 0) is 4.79 Å². The minimum Gasteiger partial charge on any atom is -0.396 e. The highest BCUT2D eigenvalue weighted by Gasteiger charge is 2.10. The molecule has 0 spiro atoms. The standard InChI is InChI=1S/C7H11N5O/c8-4(5(9)7(11)13)3-1-2-12-6(3)10/h1-2,12H,8-10H2,(H2,11,13)/b5-4+. The van der Waals surface area contributed by atoms with Crippen molar-refractivity contribution >= 4 is 17.4 Å². The van der Waals surface area contributed by atoms with Crippen LogP contribution < -0.4 is 22.9 Å². The third-order valence-corrected chi connectivity index (χ3v) is 1.62. The molecule has 0 saturated carbocycles. The number of nitrogen functional groups attached to an aromatic ring is 1. The molecule has 1 rings (SSSR count). The van der Waals surface area contributed by atoms with Gasteiger partial charge < -0.3 is 27.9 Å². The molecule has 6 heteroatoms. The van der Waals surface area contributed by atoms with Gasteiger partial charge in [-0.15, -0.1) is 0 Å². The van der Waals surface area contributed by atoms with Crippen molar-refractivity contribution in [3.63, 3.8) is 0 Å². The predicted octanol–water partition coefficient (Wildman–Crippen LogP) is -1.33. The molecule has 1 aromatic rings. The first kappa shape index (κ1) is 8.98. The highest BCUT2D eigenvalue weighted by atomic mass is 16.1. The van der Waals surface area contributed by atoms with E-state index in [0.29, 0.717) is 11.4 Å². The van der Waals surface area contributed by atoms with Gasteiger partial charge in [0.1, 0.15) is 11.5 Å². The number of carbonyl (C=O) groups is 1. The van der Waals surface area contributed by atoms with E-state index in [9.17, 15) is 4.79 Å². The molecule has 0 aromatic carbocycles. The maximum atomic E-state index is 10.7. The van der Waals surface area contributed by atoms with E-state index < -0.39 is 5.91 Å². The van der Waals surface area contributed by atoms with E-state index in [1.165, 1.54) is 0 Å². The summed E-state index contributed by atoms with van der Waals surface area (Å²) in [5.41, 5.74) is 21.7. The Balaban J connectivity index is 3.17. The zero-order chi connectivity index (χ0) is 10.0. The Bertz CT molecular complexity index is 365. The van der Waals surface area contributed by atoms with Crippen molar-refractivity contribution in [2.24, 2.45) is 17.2 Å². The average Bonchev–Trinajstić information content (AvgIpc) is 2.48. The monoisotopic (exact) mass is 181 g/mol. The van der Waals surface area contributed by atoms with Gasteiger partial charge in [0.15, 0.2) is 0 Å². The summed E-state index contributed by atoms with van der Waals surface area (Å²) in [6.45, 7) is 0. The van der Waals surface area contributed by atoms with Crippen LogP contribution in [0.5, 0.6) is 0 Å². The molecule has 0 unspecified atom stereocenters. The molecule has 0 saturated heterocycles. The Morgan fingerprint density at radius 2 is 1.92 bits per heavy atom. The van der Waals surface area contributed by atoms with E-state index in [2.05, 4.69) is 4.98 Å². The van der Waals surface area contributed by atoms with Crippen LogP contribution in [-0.4, -0.2) is 10.9 Å². The van der Waals surface area contributed by atoms with Crippen LogP contribution in [0.4, 0.5) is 5.82 Å². The molecule has 70 valence electrons. The molecule has 1 aromatic heterocycles. The minimum absolute atomic E-state index is 0.0891. The van der Waals surface area contributed by atoms with Crippen LogP contribution in [0.1, 0.15) is 5.56 Å². The minimum atomic E-state index is -0.766. The number of aromatic amines is 1. The summed E-state index contributed by atoms with van der Waals surface area (Å²) in [5.74, 6) is -0.417.